The Balaban J connectivity index is 2.28. The molecule has 0 N–H and O–H groups in total. The number of anilines is 1. The maximum Gasteiger partial charge on any atom is 0.573 e. The number of halogens is 3. The maximum absolute atomic E-state index is 12.6. The van der Waals surface area contributed by atoms with Crippen molar-refractivity contribution >= 4 is 21.4 Å². The number of nitrogens with zero attached hydrogens (tertiary/aromatic N) is 1. The van der Waals surface area contributed by atoms with Crippen LogP contribution in [-0.4, -0.2) is 38.2 Å². The van der Waals surface area contributed by atoms with Crippen molar-refractivity contribution in [1.29, 1.82) is 0 Å². The molecule has 2 rings (SSSR count). The van der Waals surface area contributed by atoms with Gasteiger partial charge < -0.3 is 9.64 Å². The van der Waals surface area contributed by atoms with Crippen LogP contribution in [0.4, 0.5) is 18.9 Å². The zero-order chi connectivity index (χ0) is 18.8. The zero-order valence-corrected chi connectivity index (χ0v) is 14.8. The maximum atomic E-state index is 12.6. The lowest BCUT2D eigenvalue weighted by atomic mass is 10.0. The van der Waals surface area contributed by atoms with E-state index in [1.807, 2.05) is 0 Å². The lowest BCUT2D eigenvalue weighted by Gasteiger charge is -2.31. The van der Waals surface area contributed by atoms with Crippen LogP contribution in [0.15, 0.2) is 18.2 Å². The summed E-state index contributed by atoms with van der Waals surface area (Å²) in [5.41, 5.74) is 0.964. The molecule has 1 unspecified atom stereocenters. The number of amides is 1. The van der Waals surface area contributed by atoms with E-state index in [0.717, 1.165) is 6.07 Å². The number of hydrogen-bond acceptors (Lipinski definition) is 4. The van der Waals surface area contributed by atoms with Gasteiger partial charge in [0, 0.05) is 12.2 Å². The number of aryl methyl sites for hydroxylation is 1. The van der Waals surface area contributed by atoms with Crippen molar-refractivity contribution in [3.8, 4) is 5.75 Å². The van der Waals surface area contributed by atoms with E-state index in [9.17, 15) is 26.4 Å². The van der Waals surface area contributed by atoms with Gasteiger partial charge in [0.05, 0.1) is 5.75 Å². The summed E-state index contributed by atoms with van der Waals surface area (Å²) < 4.78 is 65.2. The molecule has 140 valence electrons. The molecule has 1 aromatic carbocycles. The van der Waals surface area contributed by atoms with Crippen LogP contribution in [0.5, 0.6) is 5.75 Å². The summed E-state index contributed by atoms with van der Waals surface area (Å²) >= 11 is 0. The summed E-state index contributed by atoms with van der Waals surface area (Å²) in [7, 11) is -3.56. The van der Waals surface area contributed by atoms with Gasteiger partial charge in [0.2, 0.25) is 5.91 Å². The third-order valence-corrected chi connectivity index (χ3v) is 6.30. The Morgan fingerprint density at radius 2 is 2.04 bits per heavy atom. The van der Waals surface area contributed by atoms with Crippen molar-refractivity contribution < 1.29 is 31.1 Å². The highest BCUT2D eigenvalue weighted by Gasteiger charge is 2.35. The highest BCUT2D eigenvalue weighted by Crippen LogP contribution is 2.33. The first-order chi connectivity index (χ1) is 11.5. The third kappa shape index (κ3) is 4.65. The van der Waals surface area contributed by atoms with Crippen LogP contribution in [0, 0.1) is 0 Å². The Hall–Kier alpha value is -1.77. The van der Waals surface area contributed by atoms with Gasteiger partial charge in [-0.2, -0.15) is 0 Å². The average Bonchev–Trinajstić information content (AvgIpc) is 2.51. The highest BCUT2D eigenvalue weighted by molar-refractivity contribution is 7.92. The molecular formula is C16H20F3NO4S. The second-order valence-electron chi connectivity index (χ2n) is 5.94. The third-order valence-electron chi connectivity index (χ3n) is 4.04. The molecule has 1 heterocycles. The predicted octanol–water partition coefficient (Wildman–Crippen LogP) is 3.08. The summed E-state index contributed by atoms with van der Waals surface area (Å²) in [4.78, 5) is 14.0. The van der Waals surface area contributed by atoms with Crippen LogP contribution < -0.4 is 9.64 Å². The number of sulfone groups is 1. The van der Waals surface area contributed by atoms with Crippen LogP contribution in [0.25, 0.3) is 0 Å². The summed E-state index contributed by atoms with van der Waals surface area (Å²) in [5.74, 6) is -0.995. The standard InChI is InChI=1S/C16H20F3NO4S/c1-3-9-25(22,23)11(2)15(21)20-8-4-5-12-10-13(6-7-14(12)20)24-16(17,18)19/h6-7,10-11H,3-5,8-9H2,1-2H3. The Morgan fingerprint density at radius 3 is 2.64 bits per heavy atom. The van der Waals surface area contributed by atoms with Crippen molar-refractivity contribution in [1.82, 2.24) is 0 Å². The molecule has 0 spiro atoms. The molecule has 1 aliphatic heterocycles. The van der Waals surface area contributed by atoms with Crippen molar-refractivity contribution in [3.63, 3.8) is 0 Å². The van der Waals surface area contributed by atoms with Crippen molar-refractivity contribution in [2.24, 2.45) is 0 Å². The lowest BCUT2D eigenvalue weighted by Crippen LogP contribution is -2.44. The van der Waals surface area contributed by atoms with E-state index >= 15 is 0 Å². The molecule has 0 saturated carbocycles. The van der Waals surface area contributed by atoms with Gasteiger partial charge in [-0.25, -0.2) is 8.42 Å². The Labute approximate surface area is 144 Å². The first kappa shape index (κ1) is 19.6. The number of alkyl halides is 3. The molecule has 5 nitrogen and oxygen atoms in total. The van der Waals surface area contributed by atoms with E-state index in [2.05, 4.69) is 4.74 Å². The average molecular weight is 379 g/mol. The fourth-order valence-corrected chi connectivity index (χ4v) is 4.19. The van der Waals surface area contributed by atoms with Gasteiger partial charge in [-0.05, 0) is 49.9 Å². The van der Waals surface area contributed by atoms with Crippen molar-refractivity contribution in [3.05, 3.63) is 23.8 Å². The SMILES string of the molecule is CCCS(=O)(=O)C(C)C(=O)N1CCCc2cc(OC(F)(F)F)ccc21. The molecule has 9 heteroatoms. The van der Waals surface area contributed by atoms with Crippen molar-refractivity contribution in [2.75, 3.05) is 17.2 Å². The minimum Gasteiger partial charge on any atom is -0.406 e. The van der Waals surface area contributed by atoms with Gasteiger partial charge in [-0.15, -0.1) is 13.2 Å². The Bertz CT molecular complexity index is 746. The summed E-state index contributed by atoms with van der Waals surface area (Å²) in [6, 6.07) is 3.74. The minimum absolute atomic E-state index is 0.0844. The van der Waals surface area contributed by atoms with E-state index in [4.69, 9.17) is 0 Å². The molecule has 1 aromatic rings. The molecule has 1 atom stereocenters. The van der Waals surface area contributed by atoms with E-state index in [0.29, 0.717) is 37.1 Å². The number of hydrogen-bond donors (Lipinski definition) is 0. The first-order valence-corrected chi connectivity index (χ1v) is 9.68. The predicted molar refractivity (Wildman–Crippen MR) is 87.3 cm³/mol. The molecule has 0 radical (unpaired) electrons. The summed E-state index contributed by atoms with van der Waals surface area (Å²) in [6.45, 7) is 3.40. The van der Waals surface area contributed by atoms with Gasteiger partial charge in [0.25, 0.3) is 0 Å². The van der Waals surface area contributed by atoms with Gasteiger partial charge in [0.1, 0.15) is 11.0 Å². The van der Waals surface area contributed by atoms with Crippen molar-refractivity contribution in [2.45, 2.75) is 44.7 Å². The highest BCUT2D eigenvalue weighted by atomic mass is 32.2. The van der Waals surface area contributed by atoms with Crippen LogP contribution in [0.3, 0.4) is 0 Å². The smallest absolute Gasteiger partial charge is 0.406 e. The fraction of sp³-hybridized carbons (Fsp3) is 0.562. The summed E-state index contributed by atoms with van der Waals surface area (Å²) in [5, 5.41) is -1.19. The van der Waals surface area contributed by atoms with Gasteiger partial charge >= 0.3 is 6.36 Å². The fourth-order valence-electron chi connectivity index (χ4n) is 2.83. The molecule has 0 saturated heterocycles. The molecule has 0 aromatic heterocycles. The summed E-state index contributed by atoms with van der Waals surface area (Å²) in [6.07, 6.45) is -3.35. The largest absolute Gasteiger partial charge is 0.573 e. The number of carbonyl (C=O) groups is 1. The van der Waals surface area contributed by atoms with Gasteiger partial charge in [0.15, 0.2) is 9.84 Å². The molecule has 0 aliphatic carbocycles. The molecule has 25 heavy (non-hydrogen) atoms. The van der Waals surface area contributed by atoms with Crippen LogP contribution >= 0.6 is 0 Å². The number of benzene rings is 1. The zero-order valence-electron chi connectivity index (χ0n) is 14.0. The monoisotopic (exact) mass is 379 g/mol. The second kappa shape index (κ2) is 7.23. The Morgan fingerprint density at radius 1 is 1.36 bits per heavy atom. The van der Waals surface area contributed by atoms with Gasteiger partial charge in [-0.3, -0.25) is 4.79 Å². The molecule has 1 amide bonds. The second-order valence-corrected chi connectivity index (χ2v) is 8.38. The van der Waals surface area contributed by atoms with E-state index < -0.39 is 27.4 Å². The number of fused-ring (bicyclic) bond motifs is 1. The number of carbonyl (C=O) groups excluding carboxylic acids is 1. The quantitative estimate of drug-likeness (QED) is 0.789. The first-order valence-electron chi connectivity index (χ1n) is 7.97. The van der Waals surface area contributed by atoms with E-state index in [1.165, 1.54) is 24.0 Å². The number of ether oxygens (including phenoxy) is 1. The molecular weight excluding hydrogens is 359 g/mol. The van der Waals surface area contributed by atoms with Crippen LogP contribution in [0.1, 0.15) is 32.3 Å². The Kier molecular flexibility index (Phi) is 5.65. The molecule has 0 bridgehead atoms. The number of rotatable bonds is 5. The van der Waals surface area contributed by atoms with E-state index in [-0.39, 0.29) is 11.5 Å². The molecule has 0 fully saturated rings. The lowest BCUT2D eigenvalue weighted by molar-refractivity contribution is -0.274. The molecule has 1 aliphatic rings. The van der Waals surface area contributed by atoms with Crippen LogP contribution in [-0.2, 0) is 21.1 Å². The van der Waals surface area contributed by atoms with Crippen LogP contribution in [0.2, 0.25) is 0 Å². The van der Waals surface area contributed by atoms with Gasteiger partial charge in [-0.1, -0.05) is 6.92 Å². The topological polar surface area (TPSA) is 63.7 Å². The normalized spacial score (nSPS) is 16.3. The van der Waals surface area contributed by atoms with E-state index in [1.54, 1.807) is 6.92 Å². The minimum atomic E-state index is -4.79.